The minimum atomic E-state index is -3.59. The van der Waals surface area contributed by atoms with Crippen molar-refractivity contribution in [3.63, 3.8) is 0 Å². The number of rotatable bonds is 8. The van der Waals surface area contributed by atoms with Crippen molar-refractivity contribution in [3.8, 4) is 0 Å². The van der Waals surface area contributed by atoms with E-state index in [0.717, 1.165) is 6.26 Å². The number of sulfone groups is 1. The van der Waals surface area contributed by atoms with E-state index in [4.69, 9.17) is 10.9 Å². The quantitative estimate of drug-likeness (QED) is 0.163. The SMILES string of the molecule is CS(=O)(=O)CCS(=O)(=O)NCCC/C(N)=N/O. The van der Waals surface area contributed by atoms with Gasteiger partial charge in [-0.2, -0.15) is 0 Å². The molecule has 0 unspecified atom stereocenters. The average molecular weight is 287 g/mol. The van der Waals surface area contributed by atoms with E-state index >= 15 is 0 Å². The summed E-state index contributed by atoms with van der Waals surface area (Å²) in [4.78, 5) is 0. The van der Waals surface area contributed by atoms with Crippen LogP contribution in [0.5, 0.6) is 0 Å². The Labute approximate surface area is 101 Å². The number of oxime groups is 1. The summed E-state index contributed by atoms with van der Waals surface area (Å²) in [6.45, 7) is 0.113. The molecule has 0 aromatic heterocycles. The topological polar surface area (TPSA) is 139 Å². The van der Waals surface area contributed by atoms with Crippen molar-refractivity contribution in [2.75, 3.05) is 24.3 Å². The Morgan fingerprint density at radius 2 is 1.88 bits per heavy atom. The van der Waals surface area contributed by atoms with E-state index in [1.54, 1.807) is 0 Å². The summed E-state index contributed by atoms with van der Waals surface area (Å²) in [7, 11) is -6.89. The number of nitrogens with two attached hydrogens (primary N) is 1. The summed E-state index contributed by atoms with van der Waals surface area (Å²) in [5.41, 5.74) is 5.18. The summed E-state index contributed by atoms with van der Waals surface area (Å²) >= 11 is 0. The molecule has 17 heavy (non-hydrogen) atoms. The molecular formula is C7H17N3O5S2. The van der Waals surface area contributed by atoms with Crippen LogP contribution >= 0.6 is 0 Å². The third-order valence-corrected chi connectivity index (χ3v) is 4.37. The van der Waals surface area contributed by atoms with E-state index in [1.165, 1.54) is 0 Å². The van der Waals surface area contributed by atoms with Crippen molar-refractivity contribution in [3.05, 3.63) is 0 Å². The number of sulfonamides is 1. The molecule has 0 heterocycles. The number of hydrogen-bond donors (Lipinski definition) is 3. The second-order valence-electron chi connectivity index (χ2n) is 3.54. The van der Waals surface area contributed by atoms with Crippen molar-refractivity contribution in [2.24, 2.45) is 10.9 Å². The van der Waals surface area contributed by atoms with Crippen molar-refractivity contribution in [1.82, 2.24) is 4.72 Å². The number of nitrogens with one attached hydrogen (secondary N) is 1. The van der Waals surface area contributed by atoms with Gasteiger partial charge >= 0.3 is 0 Å². The van der Waals surface area contributed by atoms with Gasteiger partial charge in [0.1, 0.15) is 15.7 Å². The maximum absolute atomic E-state index is 11.3. The van der Waals surface area contributed by atoms with Gasteiger partial charge in [-0.1, -0.05) is 5.16 Å². The molecule has 0 amide bonds. The van der Waals surface area contributed by atoms with Crippen LogP contribution in [-0.4, -0.2) is 52.2 Å². The third kappa shape index (κ3) is 10.0. The zero-order chi connectivity index (χ0) is 13.5. The lowest BCUT2D eigenvalue weighted by Gasteiger charge is -2.05. The zero-order valence-electron chi connectivity index (χ0n) is 9.46. The first-order valence-electron chi connectivity index (χ1n) is 4.78. The van der Waals surface area contributed by atoms with Gasteiger partial charge < -0.3 is 10.9 Å². The van der Waals surface area contributed by atoms with E-state index in [9.17, 15) is 16.8 Å². The van der Waals surface area contributed by atoms with Gasteiger partial charge in [-0.15, -0.1) is 0 Å². The largest absolute Gasteiger partial charge is 0.409 e. The summed E-state index contributed by atoms with van der Waals surface area (Å²) in [6.07, 6.45) is 1.60. The van der Waals surface area contributed by atoms with Crippen LogP contribution in [0.3, 0.4) is 0 Å². The lowest BCUT2D eigenvalue weighted by Crippen LogP contribution is -2.30. The minimum Gasteiger partial charge on any atom is -0.409 e. The van der Waals surface area contributed by atoms with Crippen molar-refractivity contribution in [2.45, 2.75) is 12.8 Å². The Kier molecular flexibility index (Phi) is 6.42. The second-order valence-corrected chi connectivity index (χ2v) is 7.72. The molecule has 0 bridgehead atoms. The van der Waals surface area contributed by atoms with E-state index in [-0.39, 0.29) is 18.8 Å². The number of hydrogen-bond acceptors (Lipinski definition) is 6. The van der Waals surface area contributed by atoms with E-state index in [2.05, 4.69) is 9.88 Å². The van der Waals surface area contributed by atoms with Gasteiger partial charge in [0.05, 0.1) is 11.5 Å². The molecule has 0 atom stereocenters. The summed E-state index contributed by atoms with van der Waals surface area (Å²) in [5, 5.41) is 11.0. The predicted octanol–water partition coefficient (Wildman–Crippen LogP) is -1.52. The normalized spacial score (nSPS) is 13.8. The van der Waals surface area contributed by atoms with Crippen LogP contribution < -0.4 is 10.5 Å². The van der Waals surface area contributed by atoms with E-state index in [0.29, 0.717) is 6.42 Å². The molecule has 0 aliphatic rings. The van der Waals surface area contributed by atoms with Crippen LogP contribution in [-0.2, 0) is 19.9 Å². The van der Waals surface area contributed by atoms with Crippen LogP contribution in [0.2, 0.25) is 0 Å². The molecule has 10 heteroatoms. The molecule has 0 saturated carbocycles. The number of nitrogens with zero attached hydrogens (tertiary/aromatic N) is 1. The van der Waals surface area contributed by atoms with Gasteiger partial charge in [-0.25, -0.2) is 21.6 Å². The van der Waals surface area contributed by atoms with Gasteiger partial charge in [0.2, 0.25) is 10.0 Å². The molecule has 0 spiro atoms. The minimum absolute atomic E-state index is 0.0142. The fraction of sp³-hybridized carbons (Fsp3) is 0.857. The standard InChI is InChI=1S/C7H17N3O5S2/c1-16(12,13)5-6-17(14,15)9-4-2-3-7(8)10-11/h9,11H,2-6H2,1H3,(H2,8,10). The highest BCUT2D eigenvalue weighted by Crippen LogP contribution is 1.92. The second kappa shape index (κ2) is 6.77. The molecule has 8 nitrogen and oxygen atoms in total. The molecule has 102 valence electrons. The molecule has 0 radical (unpaired) electrons. The maximum Gasteiger partial charge on any atom is 0.212 e. The first-order valence-corrected chi connectivity index (χ1v) is 8.49. The molecule has 0 fully saturated rings. The van der Waals surface area contributed by atoms with Gasteiger partial charge in [-0.3, -0.25) is 0 Å². The third-order valence-electron chi connectivity index (χ3n) is 1.78. The van der Waals surface area contributed by atoms with Crippen LogP contribution in [0, 0.1) is 0 Å². The smallest absolute Gasteiger partial charge is 0.212 e. The van der Waals surface area contributed by atoms with Gasteiger partial charge in [0.15, 0.2) is 0 Å². The van der Waals surface area contributed by atoms with Gasteiger partial charge in [0.25, 0.3) is 0 Å². The molecule has 0 aliphatic carbocycles. The molecule has 0 aromatic carbocycles. The number of amidine groups is 1. The fourth-order valence-electron chi connectivity index (χ4n) is 0.880. The highest BCUT2D eigenvalue weighted by atomic mass is 32.2. The Morgan fingerprint density at radius 3 is 2.35 bits per heavy atom. The molecule has 0 saturated heterocycles. The van der Waals surface area contributed by atoms with Crippen molar-refractivity contribution in [1.29, 1.82) is 0 Å². The first-order chi connectivity index (χ1) is 7.66. The fourth-order valence-corrected chi connectivity index (χ4v) is 3.57. The van der Waals surface area contributed by atoms with Crippen LogP contribution in [0.4, 0.5) is 0 Å². The highest BCUT2D eigenvalue weighted by molar-refractivity contribution is 7.93. The molecule has 4 N–H and O–H groups in total. The maximum atomic E-state index is 11.3. The van der Waals surface area contributed by atoms with E-state index < -0.39 is 31.4 Å². The molecule has 0 aliphatic heterocycles. The Hall–Kier alpha value is -0.870. The summed E-state index contributed by atoms with van der Waals surface area (Å²) in [6, 6.07) is 0. The monoisotopic (exact) mass is 287 g/mol. The van der Waals surface area contributed by atoms with Gasteiger partial charge in [-0.05, 0) is 6.42 Å². The van der Waals surface area contributed by atoms with Crippen molar-refractivity contribution >= 4 is 25.7 Å². The zero-order valence-corrected chi connectivity index (χ0v) is 11.1. The van der Waals surface area contributed by atoms with Crippen LogP contribution in [0.1, 0.15) is 12.8 Å². The summed E-state index contributed by atoms with van der Waals surface area (Å²) < 4.78 is 46.4. The van der Waals surface area contributed by atoms with Gasteiger partial charge in [0, 0.05) is 19.2 Å². The van der Waals surface area contributed by atoms with E-state index in [1.807, 2.05) is 0 Å². The lowest BCUT2D eigenvalue weighted by molar-refractivity contribution is 0.316. The highest BCUT2D eigenvalue weighted by Gasteiger charge is 2.13. The molecule has 0 aromatic rings. The van der Waals surface area contributed by atoms with Crippen LogP contribution in [0.15, 0.2) is 5.16 Å². The van der Waals surface area contributed by atoms with Crippen LogP contribution in [0.25, 0.3) is 0 Å². The average Bonchev–Trinajstić information content (AvgIpc) is 2.20. The summed E-state index contributed by atoms with van der Waals surface area (Å²) in [5.74, 6) is -0.863. The van der Waals surface area contributed by atoms with Crippen molar-refractivity contribution < 1.29 is 22.0 Å². The molecule has 0 rings (SSSR count). The Morgan fingerprint density at radius 1 is 1.29 bits per heavy atom. The predicted molar refractivity (Wildman–Crippen MR) is 64.1 cm³/mol. The Balaban J connectivity index is 3.96. The first kappa shape index (κ1) is 16.1. The Bertz CT molecular complexity index is 454. The lowest BCUT2D eigenvalue weighted by atomic mass is 10.3. The molecular weight excluding hydrogens is 270 g/mol.